The van der Waals surface area contributed by atoms with Gasteiger partial charge in [0.2, 0.25) is 0 Å². The number of esters is 1. The molecule has 0 bridgehead atoms. The molecule has 0 saturated carbocycles. The molecule has 0 amide bonds. The Morgan fingerprint density at radius 1 is 1.00 bits per heavy atom. The monoisotopic (exact) mass is 564 g/mol. The first-order valence-electron chi connectivity index (χ1n) is 12.8. The summed E-state index contributed by atoms with van der Waals surface area (Å²) in [5, 5.41) is 15.8. The minimum Gasteiger partial charge on any atom is -0.497 e. The van der Waals surface area contributed by atoms with Crippen LogP contribution in [0.5, 0.6) is 17.2 Å². The molecule has 210 valence electrons. The third kappa shape index (κ3) is 5.85. The van der Waals surface area contributed by atoms with Crippen LogP contribution in [0.2, 0.25) is 0 Å². The van der Waals surface area contributed by atoms with Crippen molar-refractivity contribution < 1.29 is 23.9 Å². The Bertz CT molecular complexity index is 1860. The molecule has 0 spiro atoms. The second-order valence-electron chi connectivity index (χ2n) is 8.88. The van der Waals surface area contributed by atoms with Gasteiger partial charge < -0.3 is 14.2 Å². The van der Waals surface area contributed by atoms with Gasteiger partial charge in [-0.3, -0.25) is 14.9 Å². The highest BCUT2D eigenvalue weighted by Crippen LogP contribution is 2.29. The average molecular weight is 565 g/mol. The number of nitro benzene ring substituents is 1. The molecule has 5 aromatic rings. The van der Waals surface area contributed by atoms with Crippen molar-refractivity contribution in [3.8, 4) is 28.6 Å². The van der Waals surface area contributed by atoms with Crippen LogP contribution in [-0.4, -0.2) is 40.5 Å². The molecule has 0 aliphatic rings. The van der Waals surface area contributed by atoms with Crippen molar-refractivity contribution in [2.45, 2.75) is 6.92 Å². The maximum absolute atomic E-state index is 13.5. The molecule has 0 aliphatic heterocycles. The van der Waals surface area contributed by atoms with Crippen LogP contribution in [0.4, 0.5) is 5.69 Å². The van der Waals surface area contributed by atoms with Crippen LogP contribution >= 0.6 is 0 Å². The fourth-order valence-electron chi connectivity index (χ4n) is 4.12. The van der Waals surface area contributed by atoms with Gasteiger partial charge in [0.15, 0.2) is 17.3 Å². The van der Waals surface area contributed by atoms with Gasteiger partial charge in [-0.25, -0.2) is 9.78 Å². The first-order valence-corrected chi connectivity index (χ1v) is 12.8. The number of para-hydroxylation sites is 1. The summed E-state index contributed by atoms with van der Waals surface area (Å²) >= 11 is 0. The van der Waals surface area contributed by atoms with E-state index < -0.39 is 10.9 Å². The van der Waals surface area contributed by atoms with E-state index in [1.807, 2.05) is 6.07 Å². The summed E-state index contributed by atoms with van der Waals surface area (Å²) in [7, 11) is 1.57. The molecule has 0 aliphatic carbocycles. The third-order valence-electron chi connectivity index (χ3n) is 6.21. The molecule has 0 fully saturated rings. The fourth-order valence-corrected chi connectivity index (χ4v) is 4.12. The number of non-ortho nitro benzene ring substituents is 1. The second kappa shape index (κ2) is 12.1. The van der Waals surface area contributed by atoms with Crippen molar-refractivity contribution in [1.82, 2.24) is 9.66 Å². The largest absolute Gasteiger partial charge is 0.497 e. The lowest BCUT2D eigenvalue weighted by atomic mass is 10.2. The van der Waals surface area contributed by atoms with Crippen LogP contribution in [0, 0.1) is 10.1 Å². The lowest BCUT2D eigenvalue weighted by Crippen LogP contribution is -2.20. The summed E-state index contributed by atoms with van der Waals surface area (Å²) in [6.45, 7) is 2.07. The highest BCUT2D eigenvalue weighted by Gasteiger charge is 2.16. The van der Waals surface area contributed by atoms with Crippen LogP contribution in [0.25, 0.3) is 22.3 Å². The Labute approximate surface area is 239 Å². The van der Waals surface area contributed by atoms with E-state index in [9.17, 15) is 19.7 Å². The number of hydrogen-bond donors (Lipinski definition) is 0. The van der Waals surface area contributed by atoms with E-state index in [-0.39, 0.29) is 28.3 Å². The van der Waals surface area contributed by atoms with Gasteiger partial charge in [-0.15, -0.1) is 0 Å². The zero-order valence-corrected chi connectivity index (χ0v) is 22.6. The molecule has 11 heteroatoms. The third-order valence-corrected chi connectivity index (χ3v) is 6.21. The number of ether oxygens (including phenoxy) is 3. The highest BCUT2D eigenvalue weighted by atomic mass is 16.6. The van der Waals surface area contributed by atoms with Crippen molar-refractivity contribution >= 4 is 28.8 Å². The van der Waals surface area contributed by atoms with Crippen molar-refractivity contribution in [1.29, 1.82) is 0 Å². The molecule has 0 N–H and O–H groups in total. The second-order valence-corrected chi connectivity index (χ2v) is 8.88. The zero-order chi connectivity index (χ0) is 29.6. The number of nitro groups is 1. The molecule has 42 heavy (non-hydrogen) atoms. The molecule has 0 saturated heterocycles. The molecule has 0 radical (unpaired) electrons. The maximum atomic E-state index is 13.5. The highest BCUT2D eigenvalue weighted by molar-refractivity contribution is 5.92. The summed E-state index contributed by atoms with van der Waals surface area (Å²) in [4.78, 5) is 41.2. The van der Waals surface area contributed by atoms with Crippen molar-refractivity contribution in [3.63, 3.8) is 0 Å². The summed E-state index contributed by atoms with van der Waals surface area (Å²) in [5.74, 6) is 0.730. The minimum absolute atomic E-state index is 0.138. The van der Waals surface area contributed by atoms with Crippen LogP contribution in [0.15, 0.2) is 101 Å². The van der Waals surface area contributed by atoms with Crippen molar-refractivity contribution in [3.05, 3.63) is 123 Å². The number of nitrogens with zero attached hydrogens (tertiary/aromatic N) is 4. The Morgan fingerprint density at radius 2 is 1.74 bits per heavy atom. The number of carbonyl (C=O) groups is 1. The number of benzene rings is 4. The quantitative estimate of drug-likeness (QED) is 0.0755. The van der Waals surface area contributed by atoms with Crippen LogP contribution < -0.4 is 19.8 Å². The van der Waals surface area contributed by atoms with Gasteiger partial charge in [0.1, 0.15) is 5.75 Å². The molecule has 0 atom stereocenters. The number of methoxy groups -OCH3 is 1. The molecule has 5 rings (SSSR count). The fraction of sp³-hybridized carbons (Fsp3) is 0.0968. The predicted molar refractivity (Wildman–Crippen MR) is 157 cm³/mol. The average Bonchev–Trinajstić information content (AvgIpc) is 3.02. The number of carbonyl (C=O) groups excluding carboxylic acids is 1. The number of aromatic nitrogens is 2. The normalized spacial score (nSPS) is 11.0. The van der Waals surface area contributed by atoms with Crippen LogP contribution in [0.1, 0.15) is 22.8 Å². The van der Waals surface area contributed by atoms with Gasteiger partial charge in [-0.1, -0.05) is 12.1 Å². The lowest BCUT2D eigenvalue weighted by Gasteiger charge is -2.12. The SMILES string of the molecule is CCOc1cc(C=Nn2c(-c3ccc(OC)cc3)nc3ccccc3c2=O)ccc1OC(=O)c1ccc([N+](=O)[O-])cc1. The Hall–Kier alpha value is -5.84. The van der Waals surface area contributed by atoms with Gasteiger partial charge in [0, 0.05) is 17.7 Å². The molecule has 1 aromatic heterocycles. The van der Waals surface area contributed by atoms with E-state index in [0.717, 1.165) is 0 Å². The summed E-state index contributed by atoms with van der Waals surface area (Å²) in [6, 6.07) is 24.1. The standard InChI is InChI=1S/C31H24N4O7/c1-3-41-28-18-20(8-17-27(28)42-31(37)22-9-13-23(14-10-22)35(38)39)19-32-34-29(21-11-15-24(40-2)16-12-21)33-26-7-5-4-6-25(26)30(34)36/h4-19H,3H2,1-2H3. The Morgan fingerprint density at radius 3 is 2.43 bits per heavy atom. The summed E-state index contributed by atoms with van der Waals surface area (Å²) in [5.41, 5.74) is 1.43. The molecule has 11 nitrogen and oxygen atoms in total. The molecule has 1 heterocycles. The number of rotatable bonds is 9. The summed E-state index contributed by atoms with van der Waals surface area (Å²) < 4.78 is 17.7. The van der Waals surface area contributed by atoms with E-state index in [2.05, 4.69) is 5.10 Å². The molecular formula is C31H24N4O7. The van der Waals surface area contributed by atoms with E-state index in [1.54, 1.807) is 74.7 Å². The first kappa shape index (κ1) is 27.7. The van der Waals surface area contributed by atoms with Crippen LogP contribution in [0.3, 0.4) is 0 Å². The smallest absolute Gasteiger partial charge is 0.343 e. The van der Waals surface area contributed by atoms with Crippen molar-refractivity contribution in [2.24, 2.45) is 5.10 Å². The van der Waals surface area contributed by atoms with E-state index in [1.165, 1.54) is 35.2 Å². The molecule has 0 unspecified atom stereocenters. The van der Waals surface area contributed by atoms with E-state index >= 15 is 0 Å². The van der Waals surface area contributed by atoms with Crippen molar-refractivity contribution in [2.75, 3.05) is 13.7 Å². The molecule has 4 aromatic carbocycles. The Kier molecular flexibility index (Phi) is 8.00. The maximum Gasteiger partial charge on any atom is 0.343 e. The predicted octanol–water partition coefficient (Wildman–Crippen LogP) is 5.48. The van der Waals surface area contributed by atoms with E-state index in [4.69, 9.17) is 19.2 Å². The van der Waals surface area contributed by atoms with Gasteiger partial charge in [0.05, 0.1) is 41.3 Å². The summed E-state index contributed by atoms with van der Waals surface area (Å²) in [6.07, 6.45) is 1.48. The number of fused-ring (bicyclic) bond motifs is 1. The van der Waals surface area contributed by atoms with Gasteiger partial charge in [-0.05, 0) is 79.2 Å². The van der Waals surface area contributed by atoms with E-state index in [0.29, 0.717) is 40.2 Å². The zero-order valence-electron chi connectivity index (χ0n) is 22.6. The van der Waals surface area contributed by atoms with Gasteiger partial charge in [0.25, 0.3) is 11.2 Å². The van der Waals surface area contributed by atoms with Gasteiger partial charge in [-0.2, -0.15) is 9.78 Å². The minimum atomic E-state index is -0.704. The number of hydrogen-bond acceptors (Lipinski definition) is 9. The van der Waals surface area contributed by atoms with Crippen LogP contribution in [-0.2, 0) is 0 Å². The lowest BCUT2D eigenvalue weighted by molar-refractivity contribution is -0.384. The topological polar surface area (TPSA) is 135 Å². The first-order chi connectivity index (χ1) is 20.4. The molecular weight excluding hydrogens is 540 g/mol. The Balaban J connectivity index is 1.48. The van der Waals surface area contributed by atoms with Gasteiger partial charge >= 0.3 is 5.97 Å².